The van der Waals surface area contributed by atoms with Crippen molar-refractivity contribution in [3.05, 3.63) is 75.6 Å². The number of carbonyl (C=O) groups excluding carboxylic acids is 1. The molecule has 1 aromatic heterocycles. The van der Waals surface area contributed by atoms with Gasteiger partial charge in [0, 0.05) is 30.8 Å². The molecule has 3 aromatic rings. The molecule has 0 amide bonds. The van der Waals surface area contributed by atoms with E-state index in [1.807, 2.05) is 19.1 Å². The van der Waals surface area contributed by atoms with Gasteiger partial charge in [0.2, 0.25) is 10.0 Å². The third kappa shape index (κ3) is 5.01. The monoisotopic (exact) mass is 444 g/mol. The highest BCUT2D eigenvalue weighted by Gasteiger charge is 2.26. The molecular weight excluding hydrogens is 420 g/mol. The largest absolute Gasteiger partial charge is 0.465 e. The second kappa shape index (κ2) is 9.42. The molecule has 0 fully saturated rings. The molecule has 31 heavy (non-hydrogen) atoms. The second-order valence-electron chi connectivity index (χ2n) is 7.15. The highest BCUT2D eigenvalue weighted by atomic mass is 32.2. The third-order valence-corrected chi connectivity index (χ3v) is 6.72. The van der Waals surface area contributed by atoms with E-state index in [0.29, 0.717) is 5.52 Å². The Hall–Kier alpha value is -3.01. The zero-order valence-electron chi connectivity index (χ0n) is 17.3. The van der Waals surface area contributed by atoms with Gasteiger partial charge in [-0.1, -0.05) is 17.7 Å². The van der Waals surface area contributed by atoms with Gasteiger partial charge in [0.15, 0.2) is 0 Å². The molecule has 0 aliphatic carbocycles. The van der Waals surface area contributed by atoms with Crippen LogP contribution >= 0.6 is 0 Å². The minimum atomic E-state index is -4.05. The quantitative estimate of drug-likeness (QED) is 0.515. The van der Waals surface area contributed by atoms with E-state index in [0.717, 1.165) is 15.3 Å². The Morgan fingerprint density at radius 3 is 2.65 bits per heavy atom. The van der Waals surface area contributed by atoms with Gasteiger partial charge in [-0.25, -0.2) is 13.2 Å². The number of nitrogens with zero attached hydrogens (tertiary/aromatic N) is 1. The van der Waals surface area contributed by atoms with Crippen LogP contribution in [0.5, 0.6) is 0 Å². The SMILES string of the molecule is COC(=O)c1cccc(S(=O)(=O)N(CCCO)Cc2cc3cc(C)ccc3[nH]c2=O)c1. The molecule has 0 spiro atoms. The Morgan fingerprint density at radius 2 is 1.94 bits per heavy atom. The van der Waals surface area contributed by atoms with E-state index in [4.69, 9.17) is 0 Å². The van der Waals surface area contributed by atoms with Gasteiger partial charge < -0.3 is 14.8 Å². The molecule has 0 unspecified atom stereocenters. The number of aryl methyl sites for hydroxylation is 1. The van der Waals surface area contributed by atoms with E-state index >= 15 is 0 Å². The summed E-state index contributed by atoms with van der Waals surface area (Å²) in [5, 5.41) is 10.0. The molecule has 0 saturated carbocycles. The van der Waals surface area contributed by atoms with Crippen molar-refractivity contribution in [3.8, 4) is 0 Å². The minimum absolute atomic E-state index is 0.00653. The van der Waals surface area contributed by atoms with Crippen molar-refractivity contribution in [1.29, 1.82) is 0 Å². The van der Waals surface area contributed by atoms with Crippen molar-refractivity contribution in [3.63, 3.8) is 0 Å². The third-order valence-electron chi connectivity index (χ3n) is 4.88. The van der Waals surface area contributed by atoms with Gasteiger partial charge in [0.1, 0.15) is 0 Å². The zero-order valence-corrected chi connectivity index (χ0v) is 18.1. The number of hydrogen-bond donors (Lipinski definition) is 2. The summed E-state index contributed by atoms with van der Waals surface area (Å²) >= 11 is 0. The van der Waals surface area contributed by atoms with Crippen LogP contribution in [-0.4, -0.2) is 49.0 Å². The summed E-state index contributed by atoms with van der Waals surface area (Å²) in [6.45, 7) is 1.55. The predicted octanol–water partition coefficient (Wildman–Crippen LogP) is 2.20. The summed E-state index contributed by atoms with van der Waals surface area (Å²) in [7, 11) is -2.84. The van der Waals surface area contributed by atoms with Crippen molar-refractivity contribution < 1.29 is 23.1 Å². The van der Waals surface area contributed by atoms with Gasteiger partial charge in [-0.05, 0) is 55.1 Å². The fourth-order valence-electron chi connectivity index (χ4n) is 3.26. The van der Waals surface area contributed by atoms with E-state index in [1.54, 1.807) is 12.1 Å². The summed E-state index contributed by atoms with van der Waals surface area (Å²) in [5.74, 6) is -0.652. The second-order valence-corrected chi connectivity index (χ2v) is 9.09. The molecule has 0 bridgehead atoms. The number of rotatable bonds is 8. The van der Waals surface area contributed by atoms with Gasteiger partial charge >= 0.3 is 5.97 Å². The number of aromatic amines is 1. The number of carbonyl (C=O) groups is 1. The van der Waals surface area contributed by atoms with Crippen molar-refractivity contribution in [2.75, 3.05) is 20.3 Å². The zero-order chi connectivity index (χ0) is 22.6. The van der Waals surface area contributed by atoms with Crippen LogP contribution in [0.4, 0.5) is 0 Å². The van der Waals surface area contributed by atoms with Gasteiger partial charge in [-0.2, -0.15) is 4.31 Å². The van der Waals surface area contributed by atoms with Crippen LogP contribution in [0.15, 0.2) is 58.2 Å². The van der Waals surface area contributed by atoms with Crippen LogP contribution in [0.3, 0.4) is 0 Å². The van der Waals surface area contributed by atoms with Gasteiger partial charge in [0.05, 0.1) is 17.6 Å². The molecule has 3 rings (SSSR count). The molecule has 8 nitrogen and oxygen atoms in total. The molecule has 2 N–H and O–H groups in total. The lowest BCUT2D eigenvalue weighted by atomic mass is 10.1. The molecule has 0 saturated heterocycles. The first-order valence-corrected chi connectivity index (χ1v) is 11.1. The predicted molar refractivity (Wildman–Crippen MR) is 116 cm³/mol. The lowest BCUT2D eigenvalue weighted by Crippen LogP contribution is -2.34. The van der Waals surface area contributed by atoms with Crippen LogP contribution in [0.1, 0.15) is 27.9 Å². The van der Waals surface area contributed by atoms with Crippen LogP contribution in [-0.2, 0) is 21.3 Å². The number of fused-ring (bicyclic) bond motifs is 1. The lowest BCUT2D eigenvalue weighted by Gasteiger charge is -2.22. The molecule has 164 valence electrons. The number of benzene rings is 2. The first kappa shape index (κ1) is 22.7. The molecule has 2 aromatic carbocycles. The average Bonchev–Trinajstić information content (AvgIpc) is 2.76. The Balaban J connectivity index is 2.02. The van der Waals surface area contributed by atoms with E-state index in [9.17, 15) is 23.1 Å². The molecule has 1 heterocycles. The van der Waals surface area contributed by atoms with Crippen LogP contribution < -0.4 is 5.56 Å². The van der Waals surface area contributed by atoms with Gasteiger partial charge in [0.25, 0.3) is 5.56 Å². The molecule has 0 aliphatic rings. The number of aromatic nitrogens is 1. The number of methoxy groups -OCH3 is 1. The summed E-state index contributed by atoms with van der Waals surface area (Å²) in [6.07, 6.45) is 0.195. The lowest BCUT2D eigenvalue weighted by molar-refractivity contribution is 0.0600. The van der Waals surface area contributed by atoms with Gasteiger partial charge in [-0.3, -0.25) is 4.79 Å². The molecule has 0 aliphatic heterocycles. The fraction of sp³-hybridized carbons (Fsp3) is 0.273. The number of aliphatic hydroxyl groups excluding tert-OH is 1. The summed E-state index contributed by atoms with van der Waals surface area (Å²) < 4.78 is 32.4. The highest BCUT2D eigenvalue weighted by Crippen LogP contribution is 2.21. The highest BCUT2D eigenvalue weighted by molar-refractivity contribution is 7.89. The Labute approximate surface area is 180 Å². The summed E-state index contributed by atoms with van der Waals surface area (Å²) in [6, 6.07) is 12.8. The maximum Gasteiger partial charge on any atom is 0.337 e. The van der Waals surface area contributed by atoms with Crippen molar-refractivity contribution in [1.82, 2.24) is 9.29 Å². The van der Waals surface area contributed by atoms with E-state index in [2.05, 4.69) is 9.72 Å². The van der Waals surface area contributed by atoms with E-state index in [-0.39, 0.29) is 47.7 Å². The minimum Gasteiger partial charge on any atom is -0.465 e. The first-order valence-electron chi connectivity index (χ1n) is 9.68. The van der Waals surface area contributed by atoms with Crippen molar-refractivity contribution >= 4 is 26.9 Å². The van der Waals surface area contributed by atoms with Crippen LogP contribution in [0.2, 0.25) is 0 Å². The number of aliphatic hydroxyl groups is 1. The number of ether oxygens (including phenoxy) is 1. The molecule has 0 atom stereocenters. The normalized spacial score (nSPS) is 11.7. The molecular formula is C22H24N2O6S. The topological polar surface area (TPSA) is 117 Å². The number of esters is 1. The Morgan fingerprint density at radius 1 is 1.16 bits per heavy atom. The Kier molecular flexibility index (Phi) is 6.89. The average molecular weight is 445 g/mol. The first-order chi connectivity index (χ1) is 14.8. The van der Waals surface area contributed by atoms with E-state index in [1.165, 1.54) is 31.4 Å². The standard InChI is InChI=1S/C22H24N2O6S/c1-15-7-8-20-17(11-15)12-18(21(26)23-20)14-24(9-4-10-25)31(28,29)19-6-3-5-16(13-19)22(27)30-2/h3,5-8,11-13,25H,4,9-10,14H2,1-2H3,(H,23,26). The van der Waals surface area contributed by atoms with Crippen molar-refractivity contribution in [2.45, 2.75) is 24.8 Å². The fourth-order valence-corrected chi connectivity index (χ4v) is 4.76. The Bertz CT molecular complexity index is 1270. The number of pyridine rings is 1. The number of H-pyrrole nitrogens is 1. The summed E-state index contributed by atoms with van der Waals surface area (Å²) in [4.78, 5) is 27.1. The number of sulfonamides is 1. The molecule has 9 heteroatoms. The van der Waals surface area contributed by atoms with Crippen molar-refractivity contribution in [2.24, 2.45) is 0 Å². The van der Waals surface area contributed by atoms with E-state index < -0.39 is 16.0 Å². The summed E-state index contributed by atoms with van der Waals surface area (Å²) in [5.41, 5.74) is 1.67. The molecule has 0 radical (unpaired) electrons. The maximum atomic E-state index is 13.3. The smallest absolute Gasteiger partial charge is 0.337 e. The number of nitrogens with one attached hydrogen (secondary N) is 1. The van der Waals surface area contributed by atoms with Crippen LogP contribution in [0.25, 0.3) is 10.9 Å². The number of hydrogen-bond acceptors (Lipinski definition) is 6. The van der Waals surface area contributed by atoms with Crippen LogP contribution in [0, 0.1) is 6.92 Å². The maximum absolute atomic E-state index is 13.3. The van der Waals surface area contributed by atoms with Gasteiger partial charge in [-0.15, -0.1) is 0 Å².